The maximum Gasteiger partial charge on any atom is 0.164 e. The van der Waals surface area contributed by atoms with E-state index in [0.717, 1.165) is 83.0 Å². The van der Waals surface area contributed by atoms with Gasteiger partial charge in [0.2, 0.25) is 0 Å². The molecule has 0 aliphatic rings. The Morgan fingerprint density at radius 2 is 0.931 bits per heavy atom. The fourth-order valence-electron chi connectivity index (χ4n) is 8.15. The summed E-state index contributed by atoms with van der Waals surface area (Å²) in [4.78, 5) is 17.7. The fraction of sp³-hybridized carbons (Fsp3) is 0. The Labute approximate surface area is 335 Å². The minimum Gasteiger partial charge on any atom is -0.455 e. The Kier molecular flexibility index (Phi) is 8.07. The number of benzene rings is 9. The third-order valence-corrected chi connectivity index (χ3v) is 10.9. The number of rotatable bonds is 7. The number of nitrogens with zero attached hydrogens (tertiary/aromatic N) is 4. The van der Waals surface area contributed by atoms with Crippen LogP contribution in [-0.4, -0.2) is 15.0 Å². The first-order chi connectivity index (χ1) is 28.7. The van der Waals surface area contributed by atoms with E-state index >= 15 is 0 Å². The molecule has 0 fully saturated rings. The van der Waals surface area contributed by atoms with Gasteiger partial charge >= 0.3 is 0 Å². The van der Waals surface area contributed by atoms with Crippen molar-refractivity contribution in [2.75, 3.05) is 4.90 Å². The number of furan rings is 1. The molecule has 0 bridgehead atoms. The van der Waals surface area contributed by atoms with Crippen molar-refractivity contribution in [1.29, 1.82) is 0 Å². The fourth-order valence-corrected chi connectivity index (χ4v) is 8.15. The smallest absolute Gasteiger partial charge is 0.164 e. The van der Waals surface area contributed by atoms with Crippen LogP contribution in [0.15, 0.2) is 211 Å². The highest BCUT2D eigenvalue weighted by atomic mass is 16.3. The average molecular weight is 743 g/mol. The maximum atomic E-state index is 6.97. The van der Waals surface area contributed by atoms with Crippen LogP contribution < -0.4 is 4.90 Å². The van der Waals surface area contributed by atoms with Crippen molar-refractivity contribution in [2.45, 2.75) is 0 Å². The highest BCUT2D eigenvalue weighted by Crippen LogP contribution is 2.45. The molecule has 11 aromatic rings. The topological polar surface area (TPSA) is 55.1 Å². The lowest BCUT2D eigenvalue weighted by Gasteiger charge is -2.26. The summed E-state index contributed by atoms with van der Waals surface area (Å²) in [5, 5.41) is 6.52. The molecular weight excluding hydrogens is 709 g/mol. The van der Waals surface area contributed by atoms with Gasteiger partial charge in [-0.25, -0.2) is 15.0 Å². The van der Waals surface area contributed by atoms with E-state index in [4.69, 9.17) is 19.4 Å². The van der Waals surface area contributed by atoms with Gasteiger partial charge < -0.3 is 9.32 Å². The first kappa shape index (κ1) is 33.4. The van der Waals surface area contributed by atoms with E-state index in [1.807, 2.05) is 42.5 Å². The lowest BCUT2D eigenvalue weighted by atomic mass is 9.94. The van der Waals surface area contributed by atoms with Gasteiger partial charge in [-0.3, -0.25) is 0 Å². The Bertz CT molecular complexity index is 3250. The molecule has 0 amide bonds. The van der Waals surface area contributed by atoms with Crippen molar-refractivity contribution in [2.24, 2.45) is 0 Å². The molecule has 0 aliphatic carbocycles. The first-order valence-corrected chi connectivity index (χ1v) is 19.4. The predicted molar refractivity (Wildman–Crippen MR) is 239 cm³/mol. The van der Waals surface area contributed by atoms with Crippen LogP contribution in [0.5, 0.6) is 0 Å². The zero-order chi connectivity index (χ0) is 38.4. The summed E-state index contributed by atoms with van der Waals surface area (Å²) in [5.74, 6) is 1.81. The minimum atomic E-state index is 0.586. The van der Waals surface area contributed by atoms with Crippen molar-refractivity contribution in [3.63, 3.8) is 0 Å². The molecule has 0 spiro atoms. The number of aromatic nitrogens is 3. The van der Waals surface area contributed by atoms with Crippen LogP contribution in [0.3, 0.4) is 0 Å². The second-order valence-corrected chi connectivity index (χ2v) is 14.4. The Balaban J connectivity index is 1.14. The van der Waals surface area contributed by atoms with Gasteiger partial charge in [0, 0.05) is 50.1 Å². The summed E-state index contributed by atoms with van der Waals surface area (Å²) in [6, 6.07) is 71.5. The van der Waals surface area contributed by atoms with Crippen LogP contribution in [0.4, 0.5) is 17.1 Å². The Morgan fingerprint density at radius 1 is 0.345 bits per heavy atom. The number of para-hydroxylation sites is 2. The molecule has 0 atom stereocenters. The maximum absolute atomic E-state index is 6.97. The van der Waals surface area contributed by atoms with E-state index in [0.29, 0.717) is 17.5 Å². The van der Waals surface area contributed by atoms with Crippen LogP contribution in [0.25, 0.3) is 88.8 Å². The van der Waals surface area contributed by atoms with Gasteiger partial charge in [0.05, 0.1) is 0 Å². The number of anilines is 3. The molecule has 0 saturated carbocycles. The lowest BCUT2D eigenvalue weighted by Crippen LogP contribution is -2.09. The van der Waals surface area contributed by atoms with Crippen LogP contribution >= 0.6 is 0 Å². The summed E-state index contributed by atoms with van der Waals surface area (Å²) in [5.41, 5.74) is 9.59. The predicted octanol–water partition coefficient (Wildman–Crippen LogP) is 14.2. The van der Waals surface area contributed by atoms with Gasteiger partial charge in [-0.2, -0.15) is 0 Å². The Hall–Kier alpha value is -7.89. The quantitative estimate of drug-likeness (QED) is 0.163. The largest absolute Gasteiger partial charge is 0.455 e. The van der Waals surface area contributed by atoms with E-state index in [1.54, 1.807) is 0 Å². The average Bonchev–Trinajstić information content (AvgIpc) is 3.70. The summed E-state index contributed by atoms with van der Waals surface area (Å²) in [6.45, 7) is 0. The zero-order valence-corrected chi connectivity index (χ0v) is 31.3. The normalized spacial score (nSPS) is 11.4. The van der Waals surface area contributed by atoms with Crippen molar-refractivity contribution in [1.82, 2.24) is 15.0 Å². The Morgan fingerprint density at radius 3 is 1.69 bits per heavy atom. The van der Waals surface area contributed by atoms with E-state index in [2.05, 4.69) is 169 Å². The van der Waals surface area contributed by atoms with E-state index < -0.39 is 0 Å². The summed E-state index contributed by atoms with van der Waals surface area (Å²) in [7, 11) is 0. The second kappa shape index (κ2) is 14.0. The highest BCUT2D eigenvalue weighted by molar-refractivity contribution is 6.25. The van der Waals surface area contributed by atoms with E-state index in [-0.39, 0.29) is 0 Å². The van der Waals surface area contributed by atoms with Crippen LogP contribution in [-0.2, 0) is 0 Å². The molecule has 0 radical (unpaired) electrons. The zero-order valence-electron chi connectivity index (χ0n) is 31.3. The molecule has 5 heteroatoms. The number of hydrogen-bond acceptors (Lipinski definition) is 5. The third kappa shape index (κ3) is 5.85. The lowest BCUT2D eigenvalue weighted by molar-refractivity contribution is 0.670. The summed E-state index contributed by atoms with van der Waals surface area (Å²) in [6.07, 6.45) is 0. The van der Waals surface area contributed by atoms with Crippen molar-refractivity contribution < 1.29 is 4.42 Å². The first-order valence-electron chi connectivity index (χ1n) is 19.4. The molecule has 2 aromatic heterocycles. The van der Waals surface area contributed by atoms with E-state index in [9.17, 15) is 0 Å². The molecular formula is C53H34N4O. The molecule has 0 unspecified atom stereocenters. The molecule has 58 heavy (non-hydrogen) atoms. The third-order valence-electron chi connectivity index (χ3n) is 10.9. The van der Waals surface area contributed by atoms with Crippen molar-refractivity contribution >= 4 is 60.5 Å². The van der Waals surface area contributed by atoms with Gasteiger partial charge in [0.1, 0.15) is 11.2 Å². The van der Waals surface area contributed by atoms with Gasteiger partial charge in [-0.1, -0.05) is 152 Å². The monoisotopic (exact) mass is 742 g/mol. The molecule has 272 valence electrons. The number of hydrogen-bond donors (Lipinski definition) is 0. The van der Waals surface area contributed by atoms with Crippen molar-refractivity contribution in [3.8, 4) is 45.3 Å². The van der Waals surface area contributed by atoms with Crippen LogP contribution in [0.2, 0.25) is 0 Å². The van der Waals surface area contributed by atoms with Crippen LogP contribution in [0, 0.1) is 0 Å². The molecule has 5 nitrogen and oxygen atoms in total. The SMILES string of the molecule is c1ccc(-c2nc(-c3ccc4ccccc4c3)nc(-c3cccc4oc5c(-c6cccc(N(c7ccccc7)c7ccccc7)c6)cc6ccccc6c5c34)n2)cc1. The highest BCUT2D eigenvalue weighted by Gasteiger charge is 2.22. The van der Waals surface area contributed by atoms with Gasteiger partial charge in [0.15, 0.2) is 17.5 Å². The molecule has 2 heterocycles. The number of fused-ring (bicyclic) bond motifs is 6. The van der Waals surface area contributed by atoms with Gasteiger partial charge in [-0.05, 0) is 81.7 Å². The van der Waals surface area contributed by atoms with Gasteiger partial charge in [0.25, 0.3) is 0 Å². The molecule has 0 N–H and O–H groups in total. The standard InChI is InChI=1S/C53H34N4O/c1-4-17-36(18-5-1)51-54-52(40-31-30-35-16-10-11-19-37(35)32-40)56-53(55-51)45-28-15-29-47-48(45)49-44-27-13-12-20-39(44)34-46(50(49)58-47)38-21-14-26-43(33-38)57(41-22-6-2-7-23-41)42-24-8-3-9-25-42/h1-34H. The second-order valence-electron chi connectivity index (χ2n) is 14.4. The molecule has 0 saturated heterocycles. The molecule has 9 aromatic carbocycles. The molecule has 0 aliphatic heterocycles. The van der Waals surface area contributed by atoms with Crippen LogP contribution in [0.1, 0.15) is 0 Å². The minimum absolute atomic E-state index is 0.586. The summed E-state index contributed by atoms with van der Waals surface area (Å²) < 4.78 is 6.97. The molecule has 11 rings (SSSR count). The van der Waals surface area contributed by atoms with Crippen molar-refractivity contribution in [3.05, 3.63) is 206 Å². The summed E-state index contributed by atoms with van der Waals surface area (Å²) >= 11 is 0. The van der Waals surface area contributed by atoms with E-state index in [1.165, 1.54) is 5.39 Å². The van der Waals surface area contributed by atoms with Gasteiger partial charge in [-0.15, -0.1) is 0 Å².